The van der Waals surface area contributed by atoms with Crippen LogP contribution in [-0.4, -0.2) is 24.2 Å². The molecule has 4 nitrogen and oxygen atoms in total. The zero-order valence-electron chi connectivity index (χ0n) is 8.78. The fourth-order valence-corrected chi connectivity index (χ4v) is 1.57. The molecule has 0 bridgehead atoms. The quantitative estimate of drug-likeness (QED) is 0.633. The number of hydrogen-bond acceptors (Lipinski definition) is 4. The van der Waals surface area contributed by atoms with Crippen LogP contribution in [0.2, 0.25) is 0 Å². The number of hydrogen-bond donors (Lipinski definition) is 0. The number of pyridine rings is 1. The van der Waals surface area contributed by atoms with E-state index < -0.39 is 5.97 Å². The number of ether oxygens (including phenoxy) is 2. The Balaban J connectivity index is 2.93. The van der Waals surface area contributed by atoms with Crippen LogP contribution in [-0.2, 0) is 4.74 Å². The molecule has 1 aromatic heterocycles. The van der Waals surface area contributed by atoms with Crippen molar-refractivity contribution >= 4 is 28.6 Å². The van der Waals surface area contributed by atoms with Crippen molar-refractivity contribution in [1.82, 2.24) is 4.98 Å². The predicted molar refractivity (Wildman–Crippen MR) is 64.1 cm³/mol. The molecule has 0 unspecified atom stereocenters. The van der Waals surface area contributed by atoms with E-state index in [9.17, 15) is 4.79 Å². The van der Waals surface area contributed by atoms with Crippen molar-refractivity contribution in [3.8, 4) is 5.88 Å². The summed E-state index contributed by atoms with van der Waals surface area (Å²) in [6.45, 7) is 3.85. The molecule has 1 aromatic rings. The van der Waals surface area contributed by atoms with Gasteiger partial charge in [0.05, 0.1) is 22.3 Å². The smallest absolute Gasteiger partial charge is 0.339 e. The summed E-state index contributed by atoms with van der Waals surface area (Å²) in [6, 6.07) is 1.69. The summed E-state index contributed by atoms with van der Waals surface area (Å²) < 4.78 is 10.8. The van der Waals surface area contributed by atoms with E-state index >= 15 is 0 Å². The molecule has 0 atom stereocenters. The number of methoxy groups -OCH3 is 1. The number of carbonyl (C=O) groups is 1. The number of halogens is 1. The van der Waals surface area contributed by atoms with Crippen LogP contribution in [0.25, 0.3) is 0 Å². The Kier molecular flexibility index (Phi) is 4.31. The van der Waals surface area contributed by atoms with Gasteiger partial charge in [0.2, 0.25) is 5.88 Å². The van der Waals surface area contributed by atoms with E-state index in [1.54, 1.807) is 6.07 Å². The highest BCUT2D eigenvalue weighted by Crippen LogP contribution is 2.20. The highest BCUT2D eigenvalue weighted by Gasteiger charge is 2.11. The molecule has 0 saturated heterocycles. The molecule has 0 aliphatic rings. The maximum Gasteiger partial charge on any atom is 0.339 e. The largest absolute Gasteiger partial charge is 0.474 e. The first kappa shape index (κ1) is 12.2. The van der Waals surface area contributed by atoms with Crippen LogP contribution in [0.4, 0.5) is 0 Å². The minimum atomic E-state index is -0.392. The molecular weight excluding hydrogens is 309 g/mol. The van der Waals surface area contributed by atoms with E-state index in [0.717, 1.165) is 3.57 Å². The van der Waals surface area contributed by atoms with Gasteiger partial charge in [-0.25, -0.2) is 9.78 Å². The highest BCUT2D eigenvalue weighted by atomic mass is 127. The maximum absolute atomic E-state index is 11.2. The van der Waals surface area contributed by atoms with Crippen LogP contribution >= 0.6 is 22.6 Å². The third-order valence-electron chi connectivity index (χ3n) is 1.58. The summed E-state index contributed by atoms with van der Waals surface area (Å²) in [4.78, 5) is 15.2. The molecule has 0 amide bonds. The first-order valence-corrected chi connectivity index (χ1v) is 5.53. The van der Waals surface area contributed by atoms with Gasteiger partial charge in [-0.05, 0) is 42.5 Å². The fourth-order valence-electron chi connectivity index (χ4n) is 0.965. The SMILES string of the molecule is COC(=O)c1cnc(OC(C)C)c(I)c1. The Hall–Kier alpha value is -0.850. The van der Waals surface area contributed by atoms with Crippen molar-refractivity contribution in [2.45, 2.75) is 20.0 Å². The second kappa shape index (κ2) is 5.29. The van der Waals surface area contributed by atoms with E-state index in [0.29, 0.717) is 11.4 Å². The van der Waals surface area contributed by atoms with Gasteiger partial charge in [0, 0.05) is 6.20 Å². The number of rotatable bonds is 3. The van der Waals surface area contributed by atoms with Crippen LogP contribution in [0, 0.1) is 3.57 Å². The Morgan fingerprint density at radius 3 is 2.67 bits per heavy atom. The van der Waals surface area contributed by atoms with Crippen molar-refractivity contribution in [1.29, 1.82) is 0 Å². The third kappa shape index (κ3) is 3.33. The van der Waals surface area contributed by atoms with Crippen LogP contribution in [0.15, 0.2) is 12.3 Å². The van der Waals surface area contributed by atoms with Gasteiger partial charge >= 0.3 is 5.97 Å². The van der Waals surface area contributed by atoms with Gasteiger partial charge in [-0.3, -0.25) is 0 Å². The minimum absolute atomic E-state index is 0.0648. The molecule has 0 aromatic carbocycles. The van der Waals surface area contributed by atoms with Crippen molar-refractivity contribution in [2.75, 3.05) is 7.11 Å². The molecule has 0 aliphatic carbocycles. The van der Waals surface area contributed by atoms with Gasteiger partial charge in [0.1, 0.15) is 0 Å². The molecule has 1 rings (SSSR count). The summed E-state index contributed by atoms with van der Waals surface area (Å²) >= 11 is 2.07. The second-order valence-corrected chi connectivity index (χ2v) is 4.33. The van der Waals surface area contributed by atoms with Gasteiger partial charge in [-0.15, -0.1) is 0 Å². The van der Waals surface area contributed by atoms with Gasteiger partial charge in [0.15, 0.2) is 0 Å². The second-order valence-electron chi connectivity index (χ2n) is 3.17. The van der Waals surface area contributed by atoms with E-state index in [4.69, 9.17) is 4.74 Å². The lowest BCUT2D eigenvalue weighted by Gasteiger charge is -2.10. The molecule has 0 aliphatic heterocycles. The van der Waals surface area contributed by atoms with Crippen LogP contribution in [0.5, 0.6) is 5.88 Å². The Morgan fingerprint density at radius 1 is 1.53 bits per heavy atom. The molecule has 15 heavy (non-hydrogen) atoms. The van der Waals surface area contributed by atoms with Gasteiger partial charge in [0.25, 0.3) is 0 Å². The van der Waals surface area contributed by atoms with Crippen LogP contribution in [0.1, 0.15) is 24.2 Å². The van der Waals surface area contributed by atoms with E-state index in [2.05, 4.69) is 32.3 Å². The Labute approximate surface area is 102 Å². The highest BCUT2D eigenvalue weighted by molar-refractivity contribution is 14.1. The van der Waals surface area contributed by atoms with E-state index in [-0.39, 0.29) is 6.10 Å². The number of aromatic nitrogens is 1. The number of esters is 1. The molecule has 0 saturated carbocycles. The Morgan fingerprint density at radius 2 is 2.20 bits per heavy atom. The topological polar surface area (TPSA) is 48.4 Å². The summed E-state index contributed by atoms with van der Waals surface area (Å²) in [5.74, 6) is 0.148. The molecule has 0 N–H and O–H groups in total. The lowest BCUT2D eigenvalue weighted by atomic mass is 10.3. The monoisotopic (exact) mass is 321 g/mol. The summed E-state index contributed by atoms with van der Waals surface area (Å²) in [6.07, 6.45) is 1.51. The maximum atomic E-state index is 11.2. The normalized spacial score (nSPS) is 10.2. The third-order valence-corrected chi connectivity index (χ3v) is 2.35. The minimum Gasteiger partial charge on any atom is -0.474 e. The molecule has 0 fully saturated rings. The fraction of sp³-hybridized carbons (Fsp3) is 0.400. The van der Waals surface area contributed by atoms with Crippen molar-refractivity contribution < 1.29 is 14.3 Å². The lowest BCUT2D eigenvalue weighted by Crippen LogP contribution is -2.09. The average Bonchev–Trinajstić information content (AvgIpc) is 2.19. The van der Waals surface area contributed by atoms with Gasteiger partial charge in [-0.1, -0.05) is 0 Å². The van der Waals surface area contributed by atoms with Crippen molar-refractivity contribution in [2.24, 2.45) is 0 Å². The van der Waals surface area contributed by atoms with Crippen molar-refractivity contribution in [3.05, 3.63) is 21.4 Å². The van der Waals surface area contributed by atoms with Gasteiger partial charge < -0.3 is 9.47 Å². The van der Waals surface area contributed by atoms with Crippen LogP contribution < -0.4 is 4.74 Å². The first-order valence-electron chi connectivity index (χ1n) is 4.45. The summed E-state index contributed by atoms with van der Waals surface area (Å²) in [5.41, 5.74) is 0.429. The summed E-state index contributed by atoms with van der Waals surface area (Å²) in [7, 11) is 1.34. The standard InChI is InChI=1S/C10H12INO3/c1-6(2)15-9-8(11)4-7(5-12-9)10(13)14-3/h4-6H,1-3H3. The summed E-state index contributed by atoms with van der Waals surface area (Å²) in [5, 5.41) is 0. The van der Waals surface area contributed by atoms with E-state index in [1.165, 1.54) is 13.3 Å². The molecular formula is C10H12INO3. The molecule has 82 valence electrons. The average molecular weight is 321 g/mol. The zero-order valence-corrected chi connectivity index (χ0v) is 10.9. The lowest BCUT2D eigenvalue weighted by molar-refractivity contribution is 0.0600. The first-order chi connectivity index (χ1) is 7.04. The molecule has 5 heteroatoms. The zero-order chi connectivity index (χ0) is 11.4. The van der Waals surface area contributed by atoms with E-state index in [1.807, 2.05) is 13.8 Å². The predicted octanol–water partition coefficient (Wildman–Crippen LogP) is 2.26. The van der Waals surface area contributed by atoms with Gasteiger partial charge in [-0.2, -0.15) is 0 Å². The number of nitrogens with zero attached hydrogens (tertiary/aromatic N) is 1. The molecule has 1 heterocycles. The van der Waals surface area contributed by atoms with Crippen LogP contribution in [0.3, 0.4) is 0 Å². The Bertz CT molecular complexity index is 366. The number of carbonyl (C=O) groups excluding carboxylic acids is 1. The van der Waals surface area contributed by atoms with Crippen molar-refractivity contribution in [3.63, 3.8) is 0 Å². The molecule has 0 radical (unpaired) electrons. The molecule has 0 spiro atoms.